The Kier molecular flexibility index (Phi) is 6.37. The number of ether oxygens (including phenoxy) is 1. The number of Topliss-reactive ketones (excluding diaryl/α,β-unsaturated/α-hetero) is 1. The summed E-state index contributed by atoms with van der Waals surface area (Å²) in [5.74, 6) is 0.681. The quantitative estimate of drug-likeness (QED) is 0.682. The van der Waals surface area contributed by atoms with E-state index in [1.807, 2.05) is 19.1 Å². The molecule has 0 aromatic heterocycles. The van der Waals surface area contributed by atoms with Crippen molar-refractivity contribution in [1.82, 2.24) is 0 Å². The highest BCUT2D eigenvalue weighted by molar-refractivity contribution is 9.10. The van der Waals surface area contributed by atoms with Crippen molar-refractivity contribution in [3.05, 3.63) is 57.6 Å². The van der Waals surface area contributed by atoms with Crippen molar-refractivity contribution >= 4 is 33.3 Å². The first-order valence-electron chi connectivity index (χ1n) is 8.11. The molecule has 1 amide bonds. The molecule has 2 rings (SSSR count). The summed E-state index contributed by atoms with van der Waals surface area (Å²) in [6, 6.07) is 10.8. The highest BCUT2D eigenvalue weighted by Crippen LogP contribution is 2.32. The summed E-state index contributed by atoms with van der Waals surface area (Å²) in [4.78, 5) is 23.6. The van der Waals surface area contributed by atoms with Crippen LogP contribution in [-0.2, 0) is 4.79 Å². The van der Waals surface area contributed by atoms with Crippen LogP contribution in [0, 0.1) is 6.92 Å². The lowest BCUT2D eigenvalue weighted by Crippen LogP contribution is -2.20. The van der Waals surface area contributed by atoms with Crippen molar-refractivity contribution in [2.24, 2.45) is 0 Å². The molecule has 0 fully saturated rings. The minimum absolute atomic E-state index is 0.0424. The van der Waals surface area contributed by atoms with Gasteiger partial charge in [-0.15, -0.1) is 0 Å². The molecule has 5 heteroatoms. The fourth-order valence-corrected chi connectivity index (χ4v) is 2.76. The van der Waals surface area contributed by atoms with Crippen LogP contribution in [0.4, 0.5) is 5.69 Å². The second-order valence-corrected chi connectivity index (χ2v) is 7.12. The number of amides is 1. The molecule has 0 aliphatic heterocycles. The number of hydrogen-bond acceptors (Lipinski definition) is 3. The van der Waals surface area contributed by atoms with Crippen molar-refractivity contribution in [1.29, 1.82) is 0 Å². The smallest absolute Gasteiger partial charge is 0.262 e. The molecule has 0 bridgehead atoms. The maximum Gasteiger partial charge on any atom is 0.262 e. The van der Waals surface area contributed by atoms with Gasteiger partial charge in [0.15, 0.2) is 12.4 Å². The van der Waals surface area contributed by atoms with Crippen LogP contribution in [0.2, 0.25) is 0 Å². The highest BCUT2D eigenvalue weighted by Gasteiger charge is 2.13. The normalized spacial score (nSPS) is 10.6. The molecular weight excluding hydrogens is 382 g/mol. The lowest BCUT2D eigenvalue weighted by molar-refractivity contribution is -0.118. The van der Waals surface area contributed by atoms with Gasteiger partial charge in [0.1, 0.15) is 5.75 Å². The number of anilines is 1. The van der Waals surface area contributed by atoms with E-state index < -0.39 is 0 Å². The van der Waals surface area contributed by atoms with Gasteiger partial charge >= 0.3 is 0 Å². The monoisotopic (exact) mass is 403 g/mol. The maximum absolute atomic E-state index is 12.2. The molecule has 0 saturated heterocycles. The van der Waals surface area contributed by atoms with E-state index in [0.717, 1.165) is 15.6 Å². The molecule has 25 heavy (non-hydrogen) atoms. The van der Waals surface area contributed by atoms with Gasteiger partial charge in [0.2, 0.25) is 0 Å². The van der Waals surface area contributed by atoms with Crippen LogP contribution < -0.4 is 10.1 Å². The predicted molar refractivity (Wildman–Crippen MR) is 104 cm³/mol. The number of hydrogen-bond donors (Lipinski definition) is 1. The Labute approximate surface area is 156 Å². The van der Waals surface area contributed by atoms with Gasteiger partial charge in [-0.05, 0) is 55.2 Å². The number of carbonyl (C=O) groups is 2. The van der Waals surface area contributed by atoms with Crippen molar-refractivity contribution in [3.8, 4) is 5.75 Å². The fourth-order valence-electron chi connectivity index (χ4n) is 2.40. The van der Waals surface area contributed by atoms with Crippen LogP contribution in [-0.4, -0.2) is 18.3 Å². The molecule has 2 aromatic carbocycles. The number of halogens is 1. The van der Waals surface area contributed by atoms with Crippen molar-refractivity contribution in [2.45, 2.75) is 33.6 Å². The third-order valence-corrected chi connectivity index (χ3v) is 4.68. The summed E-state index contributed by atoms with van der Waals surface area (Å²) in [6.45, 7) is 7.54. The van der Waals surface area contributed by atoms with Gasteiger partial charge in [-0.3, -0.25) is 9.59 Å². The van der Waals surface area contributed by atoms with Gasteiger partial charge < -0.3 is 10.1 Å². The van der Waals surface area contributed by atoms with E-state index in [1.165, 1.54) is 6.92 Å². The first-order chi connectivity index (χ1) is 11.8. The number of aryl methyl sites for hydroxylation is 1. The van der Waals surface area contributed by atoms with Crippen LogP contribution in [0.15, 0.2) is 40.9 Å². The van der Waals surface area contributed by atoms with E-state index in [2.05, 4.69) is 35.1 Å². The summed E-state index contributed by atoms with van der Waals surface area (Å²) in [5, 5.41) is 2.76. The molecule has 0 aliphatic rings. The van der Waals surface area contributed by atoms with E-state index in [9.17, 15) is 9.59 Å². The molecular formula is C20H22BrNO3. The Hall–Kier alpha value is -2.14. The average Bonchev–Trinajstić information content (AvgIpc) is 2.55. The minimum atomic E-state index is -0.268. The Bertz CT molecular complexity index is 800. The van der Waals surface area contributed by atoms with Gasteiger partial charge in [0.25, 0.3) is 5.91 Å². The summed E-state index contributed by atoms with van der Waals surface area (Å²) in [7, 11) is 0. The third kappa shape index (κ3) is 5.16. The van der Waals surface area contributed by atoms with Gasteiger partial charge in [0.05, 0.1) is 0 Å². The molecule has 0 spiro atoms. The van der Waals surface area contributed by atoms with E-state index in [0.29, 0.717) is 17.0 Å². The van der Waals surface area contributed by atoms with Gasteiger partial charge in [-0.1, -0.05) is 41.9 Å². The Morgan fingerprint density at radius 2 is 1.92 bits per heavy atom. The van der Waals surface area contributed by atoms with Crippen LogP contribution in [0.5, 0.6) is 5.75 Å². The Balaban J connectivity index is 2.06. The van der Waals surface area contributed by atoms with Crippen LogP contribution >= 0.6 is 15.9 Å². The molecule has 132 valence electrons. The molecule has 4 nitrogen and oxygen atoms in total. The maximum atomic E-state index is 12.2. The van der Waals surface area contributed by atoms with Gasteiger partial charge in [-0.2, -0.15) is 0 Å². The molecule has 0 unspecified atom stereocenters. The first kappa shape index (κ1) is 19.2. The topological polar surface area (TPSA) is 55.4 Å². The minimum Gasteiger partial charge on any atom is -0.483 e. The van der Waals surface area contributed by atoms with Crippen LogP contribution in [0.25, 0.3) is 0 Å². The lowest BCUT2D eigenvalue weighted by atomic mass is 10.0. The highest BCUT2D eigenvalue weighted by atomic mass is 79.9. The SMILES string of the molecule is CC(=O)c1cccc(NC(=O)COc2cc(C)c(Br)cc2C(C)C)c1. The average molecular weight is 404 g/mol. The van der Waals surface area contributed by atoms with Crippen molar-refractivity contribution in [3.63, 3.8) is 0 Å². The third-order valence-electron chi connectivity index (χ3n) is 3.82. The number of carbonyl (C=O) groups excluding carboxylic acids is 2. The predicted octanol–water partition coefficient (Wildman–Crippen LogP) is 5.10. The summed E-state index contributed by atoms with van der Waals surface area (Å²) < 4.78 is 6.77. The Morgan fingerprint density at radius 3 is 2.56 bits per heavy atom. The summed E-state index contributed by atoms with van der Waals surface area (Å²) >= 11 is 3.53. The number of rotatable bonds is 6. The first-order valence-corrected chi connectivity index (χ1v) is 8.91. The van der Waals surface area contributed by atoms with E-state index >= 15 is 0 Å². The molecule has 0 atom stereocenters. The Morgan fingerprint density at radius 1 is 1.20 bits per heavy atom. The van der Waals surface area contributed by atoms with Crippen molar-refractivity contribution in [2.75, 3.05) is 11.9 Å². The molecule has 0 heterocycles. The second kappa shape index (κ2) is 8.30. The van der Waals surface area contributed by atoms with Crippen molar-refractivity contribution < 1.29 is 14.3 Å². The number of ketones is 1. The largest absolute Gasteiger partial charge is 0.483 e. The number of benzene rings is 2. The zero-order valence-electron chi connectivity index (χ0n) is 14.9. The van der Waals surface area contributed by atoms with Gasteiger partial charge in [-0.25, -0.2) is 0 Å². The zero-order valence-corrected chi connectivity index (χ0v) is 16.4. The van der Waals surface area contributed by atoms with Crippen LogP contribution in [0.1, 0.15) is 48.2 Å². The molecule has 2 aromatic rings. The summed E-state index contributed by atoms with van der Waals surface area (Å²) in [5.41, 5.74) is 3.24. The van der Waals surface area contributed by atoms with E-state index in [1.54, 1.807) is 24.3 Å². The second-order valence-electron chi connectivity index (χ2n) is 6.27. The summed E-state index contributed by atoms with van der Waals surface area (Å²) in [6.07, 6.45) is 0. The van der Waals surface area contributed by atoms with E-state index in [4.69, 9.17) is 4.74 Å². The standard InChI is InChI=1S/C20H22BrNO3/c1-12(2)17-10-18(21)13(3)8-19(17)25-11-20(24)22-16-7-5-6-15(9-16)14(4)23/h5-10,12H,11H2,1-4H3,(H,22,24). The number of nitrogens with one attached hydrogen (secondary N) is 1. The molecule has 0 radical (unpaired) electrons. The lowest BCUT2D eigenvalue weighted by Gasteiger charge is -2.16. The van der Waals surface area contributed by atoms with Gasteiger partial charge in [0, 0.05) is 15.7 Å². The van der Waals surface area contributed by atoms with Crippen LogP contribution in [0.3, 0.4) is 0 Å². The fraction of sp³-hybridized carbons (Fsp3) is 0.300. The molecule has 0 saturated carbocycles. The molecule has 1 N–H and O–H groups in total. The van der Waals surface area contributed by atoms with E-state index in [-0.39, 0.29) is 24.2 Å². The molecule has 0 aliphatic carbocycles. The zero-order chi connectivity index (χ0) is 18.6.